The van der Waals surface area contributed by atoms with Gasteiger partial charge in [0.1, 0.15) is 5.82 Å². The maximum Gasteiger partial charge on any atom is 0.224 e. The normalized spacial score (nSPS) is 10.5. The fraction of sp³-hybridized carbons (Fsp3) is 0.364. The van der Waals surface area contributed by atoms with Crippen LogP contribution in [0, 0.1) is 5.82 Å². The van der Waals surface area contributed by atoms with E-state index in [1.807, 2.05) is 13.8 Å². The topological polar surface area (TPSA) is 29.1 Å². The summed E-state index contributed by atoms with van der Waals surface area (Å²) < 4.78 is 13.6. The summed E-state index contributed by atoms with van der Waals surface area (Å²) in [7, 11) is 0. The first-order valence-electron chi connectivity index (χ1n) is 4.71. The Hall–Kier alpha value is -0.900. The van der Waals surface area contributed by atoms with Crippen molar-refractivity contribution in [2.75, 3.05) is 0 Å². The van der Waals surface area contributed by atoms with Crippen LogP contribution in [0.5, 0.6) is 0 Å². The zero-order chi connectivity index (χ0) is 11.4. The van der Waals surface area contributed by atoms with E-state index in [9.17, 15) is 9.18 Å². The number of benzene rings is 1. The number of carbonyl (C=O) groups excluding carboxylic acids is 1. The molecule has 1 N–H and O–H groups in total. The van der Waals surface area contributed by atoms with Crippen molar-refractivity contribution in [2.45, 2.75) is 26.3 Å². The lowest BCUT2D eigenvalue weighted by Gasteiger charge is -2.08. The smallest absolute Gasteiger partial charge is 0.224 e. The predicted octanol–water partition coefficient (Wildman–Crippen LogP) is 2.66. The number of rotatable bonds is 3. The van der Waals surface area contributed by atoms with Gasteiger partial charge in [-0.3, -0.25) is 4.79 Å². The van der Waals surface area contributed by atoms with Crippen molar-refractivity contribution in [3.63, 3.8) is 0 Å². The zero-order valence-electron chi connectivity index (χ0n) is 8.68. The predicted molar refractivity (Wildman–Crippen MR) is 61.1 cm³/mol. The highest BCUT2D eigenvalue weighted by molar-refractivity contribution is 9.10. The molecule has 0 aliphatic heterocycles. The molecule has 0 spiro atoms. The van der Waals surface area contributed by atoms with Gasteiger partial charge in [-0.1, -0.05) is 15.9 Å². The molecule has 0 saturated heterocycles. The summed E-state index contributed by atoms with van der Waals surface area (Å²) in [6.07, 6.45) is 0.203. The van der Waals surface area contributed by atoms with Crippen LogP contribution in [0.1, 0.15) is 19.4 Å². The molecule has 0 unspecified atom stereocenters. The van der Waals surface area contributed by atoms with Crippen LogP contribution >= 0.6 is 15.9 Å². The molecule has 1 aromatic carbocycles. The molecular weight excluding hydrogens is 261 g/mol. The molecule has 15 heavy (non-hydrogen) atoms. The highest BCUT2D eigenvalue weighted by Crippen LogP contribution is 2.15. The van der Waals surface area contributed by atoms with E-state index in [-0.39, 0.29) is 24.2 Å². The Morgan fingerprint density at radius 3 is 2.67 bits per heavy atom. The lowest BCUT2D eigenvalue weighted by Crippen LogP contribution is -2.31. The summed E-state index contributed by atoms with van der Waals surface area (Å²) in [6.45, 7) is 3.78. The molecule has 82 valence electrons. The second-order valence-electron chi connectivity index (χ2n) is 3.68. The van der Waals surface area contributed by atoms with Crippen molar-refractivity contribution < 1.29 is 9.18 Å². The van der Waals surface area contributed by atoms with E-state index in [0.29, 0.717) is 10.0 Å². The van der Waals surface area contributed by atoms with Crippen molar-refractivity contribution in [3.05, 3.63) is 34.1 Å². The molecule has 0 aliphatic carbocycles. The van der Waals surface area contributed by atoms with Crippen LogP contribution in [0.25, 0.3) is 0 Å². The van der Waals surface area contributed by atoms with Crippen molar-refractivity contribution in [2.24, 2.45) is 0 Å². The molecule has 0 atom stereocenters. The monoisotopic (exact) mass is 273 g/mol. The fourth-order valence-corrected chi connectivity index (χ4v) is 1.78. The Kier molecular flexibility index (Phi) is 4.27. The van der Waals surface area contributed by atoms with E-state index in [0.717, 1.165) is 0 Å². The van der Waals surface area contributed by atoms with Gasteiger partial charge in [-0.25, -0.2) is 4.39 Å². The largest absolute Gasteiger partial charge is 0.354 e. The zero-order valence-corrected chi connectivity index (χ0v) is 10.3. The van der Waals surface area contributed by atoms with Crippen LogP contribution in [0.2, 0.25) is 0 Å². The van der Waals surface area contributed by atoms with Gasteiger partial charge in [0.05, 0.1) is 6.42 Å². The molecule has 0 saturated carbocycles. The van der Waals surface area contributed by atoms with Gasteiger partial charge in [0.25, 0.3) is 0 Å². The minimum absolute atomic E-state index is 0.0949. The van der Waals surface area contributed by atoms with Gasteiger partial charge in [0, 0.05) is 10.5 Å². The molecule has 0 heterocycles. The molecule has 4 heteroatoms. The van der Waals surface area contributed by atoms with Gasteiger partial charge in [0.2, 0.25) is 5.91 Å². The average Bonchev–Trinajstić information content (AvgIpc) is 1.98. The van der Waals surface area contributed by atoms with E-state index in [1.165, 1.54) is 12.1 Å². The van der Waals surface area contributed by atoms with E-state index in [2.05, 4.69) is 21.2 Å². The van der Waals surface area contributed by atoms with Gasteiger partial charge in [0.15, 0.2) is 0 Å². The maximum atomic E-state index is 13.0. The number of nitrogens with one attached hydrogen (secondary N) is 1. The Morgan fingerprint density at radius 2 is 2.13 bits per heavy atom. The molecule has 0 aliphatic rings. The van der Waals surface area contributed by atoms with Crippen molar-refractivity contribution in [3.8, 4) is 0 Å². The summed E-state index contributed by atoms with van der Waals surface area (Å²) >= 11 is 3.18. The summed E-state index contributed by atoms with van der Waals surface area (Å²) in [5.74, 6) is -0.431. The first-order valence-corrected chi connectivity index (χ1v) is 5.51. The van der Waals surface area contributed by atoms with Crippen molar-refractivity contribution in [1.82, 2.24) is 5.32 Å². The maximum absolute atomic E-state index is 13.0. The van der Waals surface area contributed by atoms with Gasteiger partial charge in [-0.2, -0.15) is 0 Å². The molecule has 0 bridgehead atoms. The van der Waals surface area contributed by atoms with Crippen LogP contribution in [-0.4, -0.2) is 11.9 Å². The van der Waals surface area contributed by atoms with E-state index in [4.69, 9.17) is 0 Å². The molecule has 1 amide bonds. The summed E-state index contributed by atoms with van der Waals surface area (Å²) in [4.78, 5) is 11.4. The molecule has 1 aromatic rings. The Balaban J connectivity index is 2.68. The highest BCUT2D eigenvalue weighted by atomic mass is 79.9. The van der Waals surface area contributed by atoms with E-state index in [1.54, 1.807) is 6.07 Å². The summed E-state index contributed by atoms with van der Waals surface area (Å²) in [5, 5.41) is 2.75. The lowest BCUT2D eigenvalue weighted by molar-refractivity contribution is -0.120. The molecule has 2 nitrogen and oxygen atoms in total. The minimum Gasteiger partial charge on any atom is -0.354 e. The van der Waals surface area contributed by atoms with Gasteiger partial charge >= 0.3 is 0 Å². The molecule has 0 aromatic heterocycles. The standard InChI is InChI=1S/C11H13BrFNO/c1-7(2)14-11(15)5-8-3-9(12)6-10(13)4-8/h3-4,6-7H,5H2,1-2H3,(H,14,15). The van der Waals surface area contributed by atoms with Crippen LogP contribution in [-0.2, 0) is 11.2 Å². The van der Waals surface area contributed by atoms with Gasteiger partial charge < -0.3 is 5.32 Å². The van der Waals surface area contributed by atoms with Crippen molar-refractivity contribution >= 4 is 21.8 Å². The number of halogens is 2. The van der Waals surface area contributed by atoms with Crippen LogP contribution in [0.3, 0.4) is 0 Å². The highest BCUT2D eigenvalue weighted by Gasteiger charge is 2.06. The number of hydrogen-bond acceptors (Lipinski definition) is 1. The fourth-order valence-electron chi connectivity index (χ4n) is 1.27. The Labute approximate surface area is 97.0 Å². The van der Waals surface area contributed by atoms with E-state index < -0.39 is 0 Å². The van der Waals surface area contributed by atoms with Crippen LogP contribution < -0.4 is 5.32 Å². The van der Waals surface area contributed by atoms with Gasteiger partial charge in [-0.15, -0.1) is 0 Å². The van der Waals surface area contributed by atoms with Crippen LogP contribution in [0.4, 0.5) is 4.39 Å². The number of amides is 1. The molecule has 1 rings (SSSR count). The first-order chi connectivity index (χ1) is 6.97. The number of carbonyl (C=O) groups is 1. The second kappa shape index (κ2) is 5.26. The number of hydrogen-bond donors (Lipinski definition) is 1. The summed E-state index contributed by atoms with van der Waals surface area (Å²) in [6, 6.07) is 4.58. The third-order valence-corrected chi connectivity index (χ3v) is 2.19. The summed E-state index contributed by atoms with van der Waals surface area (Å²) in [5.41, 5.74) is 0.667. The van der Waals surface area contributed by atoms with Crippen molar-refractivity contribution in [1.29, 1.82) is 0 Å². The van der Waals surface area contributed by atoms with Gasteiger partial charge in [-0.05, 0) is 37.6 Å². The van der Waals surface area contributed by atoms with Crippen LogP contribution in [0.15, 0.2) is 22.7 Å². The second-order valence-corrected chi connectivity index (χ2v) is 4.59. The third-order valence-electron chi connectivity index (χ3n) is 1.74. The minimum atomic E-state index is -0.336. The Morgan fingerprint density at radius 1 is 1.47 bits per heavy atom. The quantitative estimate of drug-likeness (QED) is 0.902. The Bertz CT molecular complexity index is 345. The lowest BCUT2D eigenvalue weighted by atomic mass is 10.1. The average molecular weight is 274 g/mol. The molecular formula is C11H13BrFNO. The SMILES string of the molecule is CC(C)NC(=O)Cc1cc(F)cc(Br)c1. The van der Waals surface area contributed by atoms with E-state index >= 15 is 0 Å². The molecule has 0 fully saturated rings. The molecule has 0 radical (unpaired) electrons. The first kappa shape index (κ1) is 12.2. The third kappa shape index (κ3) is 4.42.